The minimum absolute atomic E-state index is 0.0399. The fraction of sp³-hybridized carbons (Fsp3) is 0.526. The molecule has 17 heteroatoms. The molecule has 3 N–H and O–H groups in total. The van der Waals surface area contributed by atoms with Crippen molar-refractivity contribution in [2.24, 2.45) is 5.92 Å². The Morgan fingerprint density at radius 1 is 1.00 bits per heavy atom. The molecule has 2 aromatic carbocycles. The van der Waals surface area contributed by atoms with Crippen LogP contribution >= 0.6 is 0 Å². The molecular weight excluding hydrogens is 747 g/mol. The maximum Gasteiger partial charge on any atom is 0.416 e. The summed E-state index contributed by atoms with van der Waals surface area (Å²) in [5, 5.41) is 5.07. The Morgan fingerprint density at radius 3 is 2.53 bits per heavy atom. The Labute approximate surface area is 316 Å². The number of amides is 4. The van der Waals surface area contributed by atoms with E-state index in [1.807, 2.05) is 6.08 Å². The average Bonchev–Trinajstić information content (AvgIpc) is 4.02. The third-order valence-electron chi connectivity index (χ3n) is 11.2. The van der Waals surface area contributed by atoms with Crippen molar-refractivity contribution in [2.45, 2.75) is 113 Å². The van der Waals surface area contributed by atoms with E-state index in [0.717, 1.165) is 6.07 Å². The number of hydrogen-bond donors (Lipinski definition) is 3. The SMILES string of the molecule is O=C1N[C@]2(C(=O)NS(=O)(=O)C3CC3)C[C@H]2/C=C\CCCCC[C@H](NCc2ccccc2C(F)(F)F)C(=O)N2C[C@H](OC(=O)N3Cc4cccc(F)c4C3)C[C@@H]12. The molecule has 0 aromatic heterocycles. The number of rotatable bonds is 7. The van der Waals surface area contributed by atoms with E-state index in [9.17, 15) is 45.2 Å². The van der Waals surface area contributed by atoms with E-state index in [-0.39, 0.29) is 51.0 Å². The maximum atomic E-state index is 14.5. The van der Waals surface area contributed by atoms with Gasteiger partial charge in [-0.15, -0.1) is 0 Å². The molecule has 0 unspecified atom stereocenters. The van der Waals surface area contributed by atoms with E-state index < -0.39 is 86.3 Å². The molecule has 1 saturated heterocycles. The molecule has 296 valence electrons. The lowest BCUT2D eigenvalue weighted by Crippen LogP contribution is -2.58. The molecule has 4 amide bonds. The molecule has 0 spiro atoms. The van der Waals surface area contributed by atoms with Gasteiger partial charge in [0.25, 0.3) is 5.91 Å². The van der Waals surface area contributed by atoms with E-state index in [1.54, 1.807) is 12.1 Å². The van der Waals surface area contributed by atoms with E-state index in [0.29, 0.717) is 49.7 Å². The van der Waals surface area contributed by atoms with Crippen LogP contribution in [-0.2, 0) is 55.0 Å². The molecular formula is C38H43F4N5O7S. The van der Waals surface area contributed by atoms with E-state index in [2.05, 4.69) is 15.4 Å². The lowest BCUT2D eigenvalue weighted by Gasteiger charge is -2.30. The molecule has 0 radical (unpaired) electrons. The van der Waals surface area contributed by atoms with Crippen molar-refractivity contribution < 1.29 is 49.9 Å². The normalized spacial score (nSPS) is 27.9. The van der Waals surface area contributed by atoms with Gasteiger partial charge in [-0.05, 0) is 61.8 Å². The highest BCUT2D eigenvalue weighted by atomic mass is 32.2. The van der Waals surface area contributed by atoms with Gasteiger partial charge in [-0.3, -0.25) is 24.0 Å². The number of allylic oxidation sites excluding steroid dienone is 1. The molecule has 7 rings (SSSR count). The van der Waals surface area contributed by atoms with Gasteiger partial charge in [0.1, 0.15) is 23.5 Å². The zero-order chi connectivity index (χ0) is 39.1. The molecule has 5 aliphatic rings. The van der Waals surface area contributed by atoms with E-state index in [1.165, 1.54) is 40.1 Å². The Balaban J connectivity index is 1.15. The van der Waals surface area contributed by atoms with Gasteiger partial charge in [0.15, 0.2) is 0 Å². The number of alkyl halides is 3. The van der Waals surface area contributed by atoms with Crippen molar-refractivity contribution in [2.75, 3.05) is 6.54 Å². The van der Waals surface area contributed by atoms with Crippen LogP contribution in [-0.4, -0.2) is 77.6 Å². The smallest absolute Gasteiger partial charge is 0.416 e. The Hall–Kier alpha value is -4.51. The summed E-state index contributed by atoms with van der Waals surface area (Å²) in [6.45, 7) is -0.493. The monoisotopic (exact) mass is 789 g/mol. The number of nitrogens with one attached hydrogen (secondary N) is 3. The van der Waals surface area contributed by atoms with Gasteiger partial charge in [-0.25, -0.2) is 17.6 Å². The van der Waals surface area contributed by atoms with Crippen LogP contribution in [0.4, 0.5) is 22.4 Å². The van der Waals surface area contributed by atoms with Crippen molar-refractivity contribution in [3.8, 4) is 0 Å². The number of ether oxygens (including phenoxy) is 1. The first-order valence-corrected chi connectivity index (χ1v) is 20.2. The minimum Gasteiger partial charge on any atom is -0.444 e. The highest BCUT2D eigenvalue weighted by Gasteiger charge is 2.62. The molecule has 2 aliphatic carbocycles. The van der Waals surface area contributed by atoms with Crippen molar-refractivity contribution in [1.29, 1.82) is 0 Å². The molecule has 55 heavy (non-hydrogen) atoms. The van der Waals surface area contributed by atoms with Crippen LogP contribution in [0.15, 0.2) is 54.6 Å². The minimum atomic E-state index is -4.63. The number of hydrogen-bond acceptors (Lipinski definition) is 8. The maximum absolute atomic E-state index is 14.5. The zero-order valence-electron chi connectivity index (χ0n) is 29.9. The molecule has 2 saturated carbocycles. The number of sulfonamides is 1. The van der Waals surface area contributed by atoms with E-state index in [4.69, 9.17) is 4.74 Å². The summed E-state index contributed by atoms with van der Waals surface area (Å²) >= 11 is 0. The Bertz CT molecular complexity index is 1990. The summed E-state index contributed by atoms with van der Waals surface area (Å²) in [6.07, 6.45) is 0.752. The van der Waals surface area contributed by atoms with Gasteiger partial charge in [0, 0.05) is 31.0 Å². The first-order chi connectivity index (χ1) is 26.2. The standard InChI is InChI=1S/C38H43F4N5O7S/c39-30-13-8-10-24-20-46(22-28(24)30)36(51)54-26-17-32-33(48)44-37(35(50)45-55(52,53)27-15-16-27)18-25(37)11-4-2-1-3-5-14-31(34(49)47(32)21-26)43-19-23-9-6-7-12-29(23)38(40,41)42/h4,6-13,25-27,31-32,43H,1-3,5,14-22H2,(H,44,48)(H,45,50)/b11-4-/t25-,26-,31+,32+,37-/m1/s1. The number of halogens is 4. The van der Waals surface area contributed by atoms with Crippen LogP contribution in [0.25, 0.3) is 0 Å². The van der Waals surface area contributed by atoms with Crippen molar-refractivity contribution in [3.05, 3.63) is 82.7 Å². The third-order valence-corrected chi connectivity index (χ3v) is 13.0. The fourth-order valence-electron chi connectivity index (χ4n) is 7.81. The van der Waals surface area contributed by atoms with Crippen LogP contribution in [0.1, 0.15) is 80.0 Å². The van der Waals surface area contributed by atoms with Gasteiger partial charge in [0.05, 0.1) is 29.9 Å². The molecule has 3 aliphatic heterocycles. The molecule has 5 atom stereocenters. The highest BCUT2D eigenvalue weighted by Crippen LogP contribution is 2.46. The van der Waals surface area contributed by atoms with Crippen molar-refractivity contribution in [1.82, 2.24) is 25.2 Å². The van der Waals surface area contributed by atoms with Gasteiger partial charge in [0.2, 0.25) is 21.8 Å². The number of carbonyl (C=O) groups excluding carboxylic acids is 4. The van der Waals surface area contributed by atoms with Crippen molar-refractivity contribution >= 4 is 33.8 Å². The quantitative estimate of drug-likeness (QED) is 0.275. The number of nitrogens with zero attached hydrogens (tertiary/aromatic N) is 2. The summed E-state index contributed by atoms with van der Waals surface area (Å²) in [4.78, 5) is 58.3. The summed E-state index contributed by atoms with van der Waals surface area (Å²) in [5.41, 5.74) is -1.55. The summed E-state index contributed by atoms with van der Waals surface area (Å²) in [6, 6.07) is 7.24. The van der Waals surface area contributed by atoms with Crippen LogP contribution in [0.3, 0.4) is 0 Å². The first-order valence-electron chi connectivity index (χ1n) is 18.6. The molecule has 12 nitrogen and oxygen atoms in total. The summed E-state index contributed by atoms with van der Waals surface area (Å²) in [7, 11) is -3.96. The van der Waals surface area contributed by atoms with Crippen LogP contribution in [0.5, 0.6) is 0 Å². The molecule has 3 fully saturated rings. The van der Waals surface area contributed by atoms with Crippen LogP contribution in [0.2, 0.25) is 0 Å². The number of carbonyl (C=O) groups is 4. The lowest BCUT2D eigenvalue weighted by atomic mass is 10.0. The molecule has 2 aromatic rings. The predicted octanol–water partition coefficient (Wildman–Crippen LogP) is 4.43. The molecule has 0 bridgehead atoms. The number of fused-ring (bicyclic) bond motifs is 3. The predicted molar refractivity (Wildman–Crippen MR) is 189 cm³/mol. The number of benzene rings is 2. The summed E-state index contributed by atoms with van der Waals surface area (Å²) < 4.78 is 89.5. The van der Waals surface area contributed by atoms with Gasteiger partial charge >= 0.3 is 12.3 Å². The van der Waals surface area contributed by atoms with Crippen LogP contribution < -0.4 is 15.4 Å². The van der Waals surface area contributed by atoms with Crippen molar-refractivity contribution in [3.63, 3.8) is 0 Å². The average molecular weight is 790 g/mol. The topological polar surface area (TPSA) is 154 Å². The second-order valence-electron chi connectivity index (χ2n) is 15.1. The van der Waals surface area contributed by atoms with Crippen LogP contribution in [0, 0.1) is 11.7 Å². The Kier molecular flexibility index (Phi) is 10.7. The second-order valence-corrected chi connectivity index (χ2v) is 17.0. The van der Waals surface area contributed by atoms with Gasteiger partial charge < -0.3 is 20.3 Å². The molecule has 3 heterocycles. The zero-order valence-corrected chi connectivity index (χ0v) is 30.8. The largest absolute Gasteiger partial charge is 0.444 e. The van der Waals surface area contributed by atoms with E-state index >= 15 is 0 Å². The van der Waals surface area contributed by atoms with Gasteiger partial charge in [-0.1, -0.05) is 55.3 Å². The second kappa shape index (κ2) is 15.2. The summed E-state index contributed by atoms with van der Waals surface area (Å²) in [5.74, 6) is -3.23. The Morgan fingerprint density at radius 2 is 1.78 bits per heavy atom. The first kappa shape index (κ1) is 38.8. The highest BCUT2D eigenvalue weighted by molar-refractivity contribution is 7.91. The van der Waals surface area contributed by atoms with Gasteiger partial charge in [-0.2, -0.15) is 13.2 Å². The lowest BCUT2D eigenvalue weighted by molar-refractivity contribution is -0.141. The fourth-order valence-corrected chi connectivity index (χ4v) is 9.18. The third kappa shape index (κ3) is 8.37.